The van der Waals surface area contributed by atoms with Crippen LogP contribution < -0.4 is 10.5 Å². The Kier molecular flexibility index (Phi) is 6.06. The van der Waals surface area contributed by atoms with Gasteiger partial charge >= 0.3 is 12.1 Å². The molecular weight excluding hydrogens is 582 g/mol. The van der Waals surface area contributed by atoms with E-state index < -0.39 is 24.3 Å². The zero-order chi connectivity index (χ0) is 31.1. The van der Waals surface area contributed by atoms with Crippen molar-refractivity contribution >= 4 is 28.9 Å². The number of carbonyl (C=O) groups is 2. The van der Waals surface area contributed by atoms with Gasteiger partial charge in [0.2, 0.25) is 0 Å². The lowest BCUT2D eigenvalue weighted by atomic mass is 9.50. The third kappa shape index (κ3) is 4.80. The number of nitrogen functional groups attached to an aromatic ring is 1. The number of hydrogen-bond acceptors (Lipinski definition) is 13. The van der Waals surface area contributed by atoms with Gasteiger partial charge in [-0.15, -0.1) is 0 Å². The van der Waals surface area contributed by atoms with Crippen molar-refractivity contribution in [2.75, 3.05) is 25.4 Å². The summed E-state index contributed by atoms with van der Waals surface area (Å²) in [6, 6.07) is 0. The summed E-state index contributed by atoms with van der Waals surface area (Å²) >= 11 is 0. The molecule has 4 aromatic heterocycles. The number of aromatic nitrogens is 7. The minimum atomic E-state index is -0.651. The molecule has 2 bridgehead atoms. The number of amides is 1. The molecule has 1 amide bonds. The van der Waals surface area contributed by atoms with Crippen LogP contribution in [0.5, 0.6) is 5.75 Å². The second-order valence-electron chi connectivity index (χ2n) is 13.5. The van der Waals surface area contributed by atoms with Crippen LogP contribution in [0.4, 0.5) is 10.6 Å². The molecule has 45 heavy (non-hydrogen) atoms. The Bertz CT molecular complexity index is 1800. The Labute approximate surface area is 257 Å². The van der Waals surface area contributed by atoms with Crippen LogP contribution in [-0.2, 0) is 19.8 Å². The molecule has 234 valence electrons. The molecule has 1 saturated heterocycles. The molecule has 0 unspecified atom stereocenters. The van der Waals surface area contributed by atoms with Gasteiger partial charge in [0.15, 0.2) is 29.6 Å². The van der Waals surface area contributed by atoms with E-state index in [-0.39, 0.29) is 17.6 Å². The van der Waals surface area contributed by atoms with Gasteiger partial charge in [0.05, 0.1) is 42.0 Å². The van der Waals surface area contributed by atoms with Crippen LogP contribution in [0.2, 0.25) is 0 Å². The molecule has 15 heteroatoms. The predicted octanol–water partition coefficient (Wildman–Crippen LogP) is 3.45. The fourth-order valence-electron chi connectivity index (χ4n) is 6.41. The highest BCUT2D eigenvalue weighted by atomic mass is 16.6. The van der Waals surface area contributed by atoms with E-state index in [1.165, 1.54) is 11.2 Å². The largest absolute Gasteiger partial charge is 0.483 e. The number of fused-ring (bicyclic) bond motifs is 1. The third-order valence-electron chi connectivity index (χ3n) is 8.83. The van der Waals surface area contributed by atoms with Gasteiger partial charge in [0, 0.05) is 5.92 Å². The first-order valence-corrected chi connectivity index (χ1v) is 15.2. The van der Waals surface area contributed by atoms with Crippen molar-refractivity contribution in [3.8, 4) is 28.5 Å². The van der Waals surface area contributed by atoms with E-state index in [2.05, 4.69) is 25.1 Å². The van der Waals surface area contributed by atoms with E-state index in [1.807, 2.05) is 4.68 Å². The van der Waals surface area contributed by atoms with E-state index in [0.29, 0.717) is 58.5 Å². The summed E-state index contributed by atoms with van der Waals surface area (Å²) in [6.07, 6.45) is 9.03. The highest BCUT2D eigenvalue weighted by molar-refractivity contribution is 6.00. The number of anilines is 1. The number of likely N-dealkylation sites (tertiary alicyclic amines) is 1. The van der Waals surface area contributed by atoms with Gasteiger partial charge in [-0.2, -0.15) is 5.10 Å². The zero-order valence-corrected chi connectivity index (χ0v) is 25.2. The number of nitrogens with two attached hydrogens (primary N) is 1. The summed E-state index contributed by atoms with van der Waals surface area (Å²) in [7, 11) is 0. The van der Waals surface area contributed by atoms with Crippen LogP contribution >= 0.6 is 0 Å². The minimum absolute atomic E-state index is 0.0212. The molecule has 0 spiro atoms. The number of hydrogen-bond donors (Lipinski definition) is 1. The highest BCUT2D eigenvalue weighted by Crippen LogP contribution is 2.63. The first kappa shape index (κ1) is 27.7. The number of esters is 1. The lowest BCUT2D eigenvalue weighted by molar-refractivity contribution is -0.158. The molecule has 5 aliphatic rings. The topological polar surface area (TPSA) is 186 Å². The molecule has 5 fully saturated rings. The van der Waals surface area contributed by atoms with Gasteiger partial charge in [-0.1, -0.05) is 5.16 Å². The molecule has 0 radical (unpaired) electrons. The van der Waals surface area contributed by atoms with Crippen molar-refractivity contribution in [1.29, 1.82) is 0 Å². The SMILES string of the molecule is CC(C)(C)OC(=O)COC(=O)N1CC(Oc2cnc(-c3c(-c4nn(C56CC(C5)C6)c5ncnc(N)c45)noc3C3CC3)nc2)C1. The first-order chi connectivity index (χ1) is 21.6. The van der Waals surface area contributed by atoms with Gasteiger partial charge < -0.3 is 29.4 Å². The van der Waals surface area contributed by atoms with Crippen LogP contribution in [0.3, 0.4) is 0 Å². The lowest BCUT2D eigenvalue weighted by Crippen LogP contribution is -2.59. The molecule has 4 aromatic rings. The maximum Gasteiger partial charge on any atom is 0.410 e. The van der Waals surface area contributed by atoms with Gasteiger partial charge in [0.1, 0.15) is 35.2 Å². The Hall–Kier alpha value is -4.82. The monoisotopic (exact) mass is 615 g/mol. The summed E-state index contributed by atoms with van der Waals surface area (Å²) in [5, 5.41) is 10.2. The van der Waals surface area contributed by atoms with Gasteiger partial charge in [0.25, 0.3) is 0 Å². The second-order valence-corrected chi connectivity index (χ2v) is 13.5. The summed E-state index contributed by atoms with van der Waals surface area (Å²) in [4.78, 5) is 43.6. The summed E-state index contributed by atoms with van der Waals surface area (Å²) in [6.45, 7) is 5.40. The Balaban J connectivity index is 0.991. The molecule has 0 aromatic carbocycles. The standard InChI is InChI=1S/C30H33N9O6/c1-29(2,3)44-19(40)13-42-28(41)38-11-18(12-38)43-17-9-32-26(33-10-17)20-23(37-45-24(20)16-4-5-16)22-21-25(31)34-14-35-27(21)39(36-22)30-6-15(7-30)8-30/h9-10,14-16,18H,4-8,11-13H2,1-3H3,(H2,31,34,35). The first-order valence-electron chi connectivity index (χ1n) is 15.2. The van der Waals surface area contributed by atoms with Crippen LogP contribution in [0.1, 0.15) is 64.6 Å². The van der Waals surface area contributed by atoms with Crippen molar-refractivity contribution in [2.45, 2.75) is 76.0 Å². The Morgan fingerprint density at radius 3 is 2.44 bits per heavy atom. The number of carbonyl (C=O) groups excluding carboxylic acids is 2. The molecular formula is C30H33N9O6. The normalized spacial score (nSPS) is 22.4. The molecule has 2 N–H and O–H groups in total. The van der Waals surface area contributed by atoms with Gasteiger partial charge in [-0.05, 0) is 58.8 Å². The molecule has 4 aliphatic carbocycles. The van der Waals surface area contributed by atoms with E-state index in [0.717, 1.165) is 43.8 Å². The Morgan fingerprint density at radius 1 is 1.07 bits per heavy atom. The molecule has 0 atom stereocenters. The average Bonchev–Trinajstić information content (AvgIpc) is 3.56. The van der Waals surface area contributed by atoms with E-state index in [1.54, 1.807) is 33.2 Å². The maximum atomic E-state index is 12.3. The fraction of sp³-hybridized carbons (Fsp3) is 0.533. The molecule has 5 heterocycles. The van der Waals surface area contributed by atoms with Crippen molar-refractivity contribution < 1.29 is 28.3 Å². The average molecular weight is 616 g/mol. The molecule has 9 rings (SSSR count). The van der Waals surface area contributed by atoms with E-state index in [4.69, 9.17) is 29.6 Å². The lowest BCUT2D eigenvalue weighted by Gasteiger charge is -2.61. The van der Waals surface area contributed by atoms with Crippen LogP contribution in [0.15, 0.2) is 23.2 Å². The van der Waals surface area contributed by atoms with Crippen LogP contribution in [0.25, 0.3) is 33.8 Å². The maximum absolute atomic E-state index is 12.3. The highest BCUT2D eigenvalue weighted by Gasteiger charge is 2.59. The molecule has 4 saturated carbocycles. The number of ether oxygens (including phenoxy) is 3. The Morgan fingerprint density at radius 2 is 1.80 bits per heavy atom. The quantitative estimate of drug-likeness (QED) is 0.284. The fourth-order valence-corrected chi connectivity index (χ4v) is 6.41. The van der Waals surface area contributed by atoms with E-state index in [9.17, 15) is 9.59 Å². The minimum Gasteiger partial charge on any atom is -0.483 e. The summed E-state index contributed by atoms with van der Waals surface area (Å²) < 4.78 is 24.1. The third-order valence-corrected chi connectivity index (χ3v) is 8.83. The number of nitrogens with zero attached hydrogens (tertiary/aromatic N) is 8. The number of rotatable bonds is 8. The zero-order valence-electron chi connectivity index (χ0n) is 25.2. The van der Waals surface area contributed by atoms with Crippen LogP contribution in [0, 0.1) is 5.92 Å². The smallest absolute Gasteiger partial charge is 0.410 e. The van der Waals surface area contributed by atoms with Crippen molar-refractivity contribution in [3.63, 3.8) is 0 Å². The van der Waals surface area contributed by atoms with Crippen LogP contribution in [-0.4, -0.2) is 83.2 Å². The predicted molar refractivity (Wildman–Crippen MR) is 157 cm³/mol. The second kappa shape index (κ2) is 9.84. The van der Waals surface area contributed by atoms with Crippen molar-refractivity contribution in [2.24, 2.45) is 5.92 Å². The van der Waals surface area contributed by atoms with Crippen molar-refractivity contribution in [1.82, 2.24) is 39.8 Å². The van der Waals surface area contributed by atoms with Crippen molar-refractivity contribution in [3.05, 3.63) is 24.5 Å². The summed E-state index contributed by atoms with van der Waals surface area (Å²) in [5.74, 6) is 2.33. The summed E-state index contributed by atoms with van der Waals surface area (Å²) in [5.41, 5.74) is 8.18. The van der Waals surface area contributed by atoms with Gasteiger partial charge in [-0.3, -0.25) is 0 Å². The molecule has 1 aliphatic heterocycles. The van der Waals surface area contributed by atoms with E-state index >= 15 is 0 Å². The molecule has 15 nitrogen and oxygen atoms in total. The van der Waals surface area contributed by atoms with Gasteiger partial charge in [-0.25, -0.2) is 34.2 Å².